The van der Waals surface area contributed by atoms with Gasteiger partial charge in [0.2, 0.25) is 17.7 Å². The van der Waals surface area contributed by atoms with Gasteiger partial charge in [0, 0.05) is 12.2 Å². The summed E-state index contributed by atoms with van der Waals surface area (Å²) in [7, 11) is 0. The quantitative estimate of drug-likeness (QED) is 0.0716. The maximum atomic E-state index is 12.9. The number of carbonyl (C=O) groups is 4. The summed E-state index contributed by atoms with van der Waals surface area (Å²) in [6.07, 6.45) is -0.221. The highest BCUT2D eigenvalue weighted by molar-refractivity contribution is 9.11. The van der Waals surface area contributed by atoms with E-state index in [1.807, 2.05) is 6.07 Å². The molecule has 0 aliphatic carbocycles. The molecule has 15 heteroatoms. The summed E-state index contributed by atoms with van der Waals surface area (Å²) < 4.78 is 5.71. The molecule has 0 saturated heterocycles. The van der Waals surface area contributed by atoms with Crippen LogP contribution in [0.3, 0.4) is 0 Å². The van der Waals surface area contributed by atoms with Crippen molar-refractivity contribution in [1.82, 2.24) is 16.0 Å². The van der Waals surface area contributed by atoms with E-state index < -0.39 is 42.9 Å². The minimum Gasteiger partial charge on any atom is -0.506 e. The van der Waals surface area contributed by atoms with E-state index in [4.69, 9.17) is 16.2 Å². The summed E-state index contributed by atoms with van der Waals surface area (Å²) in [5.74, 6) is -1.94. The zero-order chi connectivity index (χ0) is 28.8. The number of rotatable bonds is 13. The summed E-state index contributed by atoms with van der Waals surface area (Å²) in [4.78, 5) is 53.1. The van der Waals surface area contributed by atoms with Gasteiger partial charge < -0.3 is 42.6 Å². The monoisotopic (exact) mass is 669 g/mol. The highest BCUT2D eigenvalue weighted by atomic mass is 79.9. The minimum atomic E-state index is -0.985. The van der Waals surface area contributed by atoms with Crippen molar-refractivity contribution in [2.24, 2.45) is 16.5 Å². The highest BCUT2D eigenvalue weighted by Gasteiger charge is 2.22. The number of carbonyl (C=O) groups excluding carboxylic acids is 4. The van der Waals surface area contributed by atoms with E-state index >= 15 is 0 Å². The van der Waals surface area contributed by atoms with Gasteiger partial charge in [-0.3, -0.25) is 19.4 Å². The van der Waals surface area contributed by atoms with Crippen LogP contribution in [0.4, 0.5) is 10.5 Å². The average Bonchev–Trinajstić information content (AvgIpc) is 2.90. The molecule has 2 aromatic carbocycles. The normalized spacial score (nSPS) is 11.0. The lowest BCUT2D eigenvalue weighted by Crippen LogP contribution is -2.48. The molecule has 1 atom stereocenters. The number of aliphatic imine (C=N–C) groups is 1. The third-order valence-corrected chi connectivity index (χ3v) is 6.14. The number of ether oxygens (including phenoxy) is 1. The van der Waals surface area contributed by atoms with Crippen molar-refractivity contribution in [3.8, 4) is 5.75 Å². The van der Waals surface area contributed by atoms with Crippen LogP contribution in [0.2, 0.25) is 0 Å². The van der Waals surface area contributed by atoms with Gasteiger partial charge in [-0.15, -0.1) is 0 Å². The first-order chi connectivity index (χ1) is 18.5. The topological polar surface area (TPSA) is 210 Å². The second-order valence-electron chi connectivity index (χ2n) is 8.04. The predicted molar refractivity (Wildman–Crippen MR) is 152 cm³/mol. The Bertz CT molecular complexity index is 1170. The number of nitrogens with two attached hydrogens (primary N) is 2. The Balaban J connectivity index is 1.85. The molecule has 2 aromatic rings. The number of nitrogens with zero attached hydrogens (tertiary/aromatic N) is 1. The van der Waals surface area contributed by atoms with Gasteiger partial charge in [-0.2, -0.15) is 0 Å². The molecule has 0 radical (unpaired) electrons. The molecule has 2 rings (SSSR count). The number of hydrogen-bond acceptors (Lipinski definition) is 7. The number of hydrogen-bond donors (Lipinski definition) is 7. The van der Waals surface area contributed by atoms with Crippen LogP contribution in [-0.2, 0) is 25.7 Å². The second kappa shape index (κ2) is 16.2. The Labute approximate surface area is 241 Å². The van der Waals surface area contributed by atoms with Crippen molar-refractivity contribution in [3.05, 3.63) is 57.0 Å². The molecule has 13 nitrogen and oxygen atoms in total. The van der Waals surface area contributed by atoms with Gasteiger partial charge >= 0.3 is 6.09 Å². The number of phenolic OH excluding ortho intramolecular Hbond substituents is 1. The molecular weight excluding hydrogens is 642 g/mol. The third kappa shape index (κ3) is 12.0. The number of halogens is 2. The van der Waals surface area contributed by atoms with Gasteiger partial charge in [-0.05, 0) is 62.4 Å². The van der Waals surface area contributed by atoms with Crippen LogP contribution in [0.5, 0.6) is 5.75 Å². The smallest absolute Gasteiger partial charge is 0.407 e. The summed E-state index contributed by atoms with van der Waals surface area (Å²) in [5, 5.41) is 19.8. The summed E-state index contributed by atoms with van der Waals surface area (Å²) in [5.41, 5.74) is 11.8. The molecule has 0 aromatic heterocycles. The fraction of sp³-hybridized carbons (Fsp3) is 0.292. The second-order valence-corrected chi connectivity index (χ2v) is 9.75. The van der Waals surface area contributed by atoms with Crippen molar-refractivity contribution in [2.75, 3.05) is 25.0 Å². The van der Waals surface area contributed by atoms with Gasteiger partial charge in [0.1, 0.15) is 24.9 Å². The molecule has 0 unspecified atom stereocenters. The van der Waals surface area contributed by atoms with E-state index in [1.54, 1.807) is 24.3 Å². The van der Waals surface area contributed by atoms with Crippen LogP contribution in [0.15, 0.2) is 56.4 Å². The number of nitrogens with one attached hydrogen (secondary N) is 4. The van der Waals surface area contributed by atoms with Crippen LogP contribution in [0.25, 0.3) is 0 Å². The van der Waals surface area contributed by atoms with Crippen molar-refractivity contribution < 1.29 is 29.0 Å². The first kappa shape index (κ1) is 31.4. The van der Waals surface area contributed by atoms with Gasteiger partial charge in [-0.25, -0.2) is 4.79 Å². The lowest BCUT2D eigenvalue weighted by atomic mass is 10.1. The molecule has 0 fully saturated rings. The maximum Gasteiger partial charge on any atom is 0.407 e. The number of aromatic hydroxyl groups is 1. The summed E-state index contributed by atoms with van der Waals surface area (Å²) in [6.45, 7) is -0.566. The predicted octanol–water partition coefficient (Wildman–Crippen LogP) is 1.44. The third-order valence-electron chi connectivity index (χ3n) is 4.93. The number of alkyl carbamates (subject to hydrolysis) is 1. The Kier molecular flexibility index (Phi) is 13.0. The zero-order valence-corrected chi connectivity index (χ0v) is 23.9. The molecule has 9 N–H and O–H groups in total. The molecule has 0 bridgehead atoms. The largest absolute Gasteiger partial charge is 0.506 e. The molecule has 0 aliphatic rings. The first-order valence-electron chi connectivity index (χ1n) is 11.6. The van der Waals surface area contributed by atoms with Crippen molar-refractivity contribution in [2.45, 2.75) is 25.5 Å². The fourth-order valence-corrected chi connectivity index (χ4v) is 4.24. The molecule has 0 saturated carbocycles. The van der Waals surface area contributed by atoms with E-state index in [0.29, 0.717) is 21.1 Å². The average molecular weight is 671 g/mol. The number of phenols is 1. The van der Waals surface area contributed by atoms with Crippen LogP contribution in [-0.4, -0.2) is 60.6 Å². The van der Waals surface area contributed by atoms with Gasteiger partial charge in [0.05, 0.1) is 15.5 Å². The SMILES string of the molecule is NC(N)=NCCC[C@H](NC(=O)CNC(=O)CNC(=O)OCc1ccccc1)C(=O)Nc1cc(Br)c(O)c(Br)c1. The van der Waals surface area contributed by atoms with E-state index in [1.165, 1.54) is 12.1 Å². The number of guanidine groups is 1. The van der Waals surface area contributed by atoms with Gasteiger partial charge in [0.25, 0.3) is 0 Å². The van der Waals surface area contributed by atoms with E-state index in [2.05, 4.69) is 58.1 Å². The van der Waals surface area contributed by atoms with E-state index in [9.17, 15) is 24.3 Å². The Morgan fingerprint density at radius 2 is 1.62 bits per heavy atom. The molecule has 39 heavy (non-hydrogen) atoms. The zero-order valence-electron chi connectivity index (χ0n) is 20.7. The molecule has 0 heterocycles. The Morgan fingerprint density at radius 1 is 0.974 bits per heavy atom. The maximum absolute atomic E-state index is 12.9. The van der Waals surface area contributed by atoms with E-state index in [0.717, 1.165) is 5.56 Å². The van der Waals surface area contributed by atoms with Crippen molar-refractivity contribution >= 4 is 67.3 Å². The van der Waals surface area contributed by atoms with Crippen molar-refractivity contribution in [1.29, 1.82) is 0 Å². The molecule has 4 amide bonds. The first-order valence-corrected chi connectivity index (χ1v) is 13.2. The molecule has 0 spiro atoms. The Hall–Kier alpha value is -3.85. The van der Waals surface area contributed by atoms with Crippen LogP contribution < -0.4 is 32.7 Å². The molecule has 0 aliphatic heterocycles. The van der Waals surface area contributed by atoms with Gasteiger partial charge in [-0.1, -0.05) is 30.3 Å². The minimum absolute atomic E-state index is 0.0372. The van der Waals surface area contributed by atoms with Crippen molar-refractivity contribution in [3.63, 3.8) is 0 Å². The fourth-order valence-electron chi connectivity index (χ4n) is 3.05. The number of anilines is 1. The lowest BCUT2D eigenvalue weighted by Gasteiger charge is -2.19. The van der Waals surface area contributed by atoms with Crippen LogP contribution in [0, 0.1) is 0 Å². The van der Waals surface area contributed by atoms with Gasteiger partial charge in [0.15, 0.2) is 5.96 Å². The van der Waals surface area contributed by atoms with Crippen LogP contribution in [0.1, 0.15) is 18.4 Å². The Morgan fingerprint density at radius 3 is 2.26 bits per heavy atom. The van der Waals surface area contributed by atoms with E-state index in [-0.39, 0.29) is 31.3 Å². The summed E-state index contributed by atoms with van der Waals surface area (Å²) >= 11 is 6.38. The lowest BCUT2D eigenvalue weighted by molar-refractivity contribution is -0.128. The van der Waals surface area contributed by atoms with Crippen LogP contribution >= 0.6 is 31.9 Å². The highest BCUT2D eigenvalue weighted by Crippen LogP contribution is 2.35. The molecule has 210 valence electrons. The summed E-state index contributed by atoms with van der Waals surface area (Å²) in [6, 6.07) is 11.0. The standard InChI is InChI=1S/C24H29Br2N7O6/c25-16-9-15(10-17(26)21(16)36)32-22(37)18(7-4-8-29-23(27)28)33-20(35)12-30-19(34)11-31-24(38)39-13-14-5-2-1-3-6-14/h1-3,5-6,9-10,18,36H,4,7-8,11-13H2,(H,30,34)(H,31,38)(H,32,37)(H,33,35)(H4,27,28,29)/t18-/m0/s1. The molecular formula is C24H29Br2N7O6. The number of amides is 4. The number of benzene rings is 2.